The lowest BCUT2D eigenvalue weighted by molar-refractivity contribution is -0.132. The number of morpholine rings is 1. The van der Waals surface area contributed by atoms with Crippen molar-refractivity contribution >= 4 is 23.5 Å². The van der Waals surface area contributed by atoms with E-state index >= 15 is 0 Å². The van der Waals surface area contributed by atoms with Crippen LogP contribution in [0, 0.1) is 0 Å². The zero-order valence-electron chi connectivity index (χ0n) is 19.5. The number of hydrogen-bond donors (Lipinski definition) is 3. The molecule has 35 heavy (non-hydrogen) atoms. The first kappa shape index (κ1) is 24.9. The van der Waals surface area contributed by atoms with Gasteiger partial charge in [-0.15, -0.1) is 0 Å². The van der Waals surface area contributed by atoms with Crippen molar-refractivity contribution in [1.82, 2.24) is 20.9 Å². The van der Waals surface area contributed by atoms with Crippen LogP contribution >= 0.6 is 0 Å². The zero-order valence-corrected chi connectivity index (χ0v) is 19.5. The minimum atomic E-state index is -0.977. The van der Waals surface area contributed by atoms with Crippen LogP contribution in [0.1, 0.15) is 12.5 Å². The summed E-state index contributed by atoms with van der Waals surface area (Å²) < 4.78 is 20.9. The van der Waals surface area contributed by atoms with E-state index in [9.17, 15) is 19.2 Å². The van der Waals surface area contributed by atoms with Crippen molar-refractivity contribution in [1.29, 1.82) is 0 Å². The molecule has 3 atom stereocenters. The van der Waals surface area contributed by atoms with Gasteiger partial charge in [0.25, 0.3) is 0 Å². The average molecular weight is 491 g/mol. The molecular weight excluding hydrogens is 460 g/mol. The predicted octanol–water partition coefficient (Wildman–Crippen LogP) is -1.64. The highest BCUT2D eigenvalue weighted by atomic mass is 16.7. The van der Waals surface area contributed by atoms with Gasteiger partial charge in [0.05, 0.1) is 32.9 Å². The number of nitrogens with zero attached hydrogens (tertiary/aromatic N) is 1. The molecule has 0 aliphatic carbocycles. The molecule has 0 bridgehead atoms. The van der Waals surface area contributed by atoms with Gasteiger partial charge >= 0.3 is 0 Å². The minimum Gasteiger partial charge on any atom is -0.454 e. The van der Waals surface area contributed by atoms with Gasteiger partial charge in [-0.3, -0.25) is 24.1 Å². The second-order valence-corrected chi connectivity index (χ2v) is 8.64. The van der Waals surface area contributed by atoms with Gasteiger partial charge in [0.2, 0.25) is 24.5 Å². The van der Waals surface area contributed by atoms with E-state index in [-0.39, 0.29) is 38.0 Å². The Bertz CT molecular complexity index is 961. The van der Waals surface area contributed by atoms with Crippen LogP contribution in [0.4, 0.5) is 0 Å². The summed E-state index contributed by atoms with van der Waals surface area (Å²) in [6.07, 6.45) is -0.324. The lowest BCUT2D eigenvalue weighted by atomic mass is 10.0. The third-order valence-electron chi connectivity index (χ3n) is 5.88. The van der Waals surface area contributed by atoms with E-state index in [2.05, 4.69) is 16.0 Å². The van der Waals surface area contributed by atoms with Crippen LogP contribution in [0.3, 0.4) is 0 Å². The molecule has 4 rings (SSSR count). The standard InChI is InChI=1S/C23H30N4O8/c1-14(25-21(29)11-27-4-6-32-7-5-27)22(30)26-16(23(31)24-10-17(28)20-12-33-20)8-15-2-3-18-19(9-15)35-13-34-18/h2-3,9,14,16,20H,4-8,10-13H2,1H3,(H,24,31)(H,25,29)(H,26,30)/t14-,16-,20+/m0/s1. The van der Waals surface area contributed by atoms with Gasteiger partial charge < -0.3 is 34.9 Å². The van der Waals surface area contributed by atoms with Gasteiger partial charge in [-0.1, -0.05) is 6.07 Å². The van der Waals surface area contributed by atoms with Crippen LogP contribution in [-0.4, -0.2) is 99.4 Å². The molecule has 2 saturated heterocycles. The van der Waals surface area contributed by atoms with E-state index in [1.807, 2.05) is 4.90 Å². The fourth-order valence-electron chi connectivity index (χ4n) is 3.77. The Morgan fingerprint density at radius 3 is 2.54 bits per heavy atom. The maximum absolute atomic E-state index is 12.9. The fourth-order valence-corrected chi connectivity index (χ4v) is 3.77. The minimum absolute atomic E-state index is 0.118. The third kappa shape index (κ3) is 7.13. The van der Waals surface area contributed by atoms with Gasteiger partial charge in [-0.05, 0) is 24.6 Å². The molecule has 0 unspecified atom stereocenters. The van der Waals surface area contributed by atoms with Gasteiger partial charge in [0.1, 0.15) is 18.2 Å². The summed E-state index contributed by atoms with van der Waals surface area (Å²) in [6.45, 7) is 4.42. The molecule has 1 aromatic carbocycles. The van der Waals surface area contributed by atoms with Gasteiger partial charge in [-0.25, -0.2) is 0 Å². The number of nitrogens with one attached hydrogen (secondary N) is 3. The van der Waals surface area contributed by atoms with Crippen molar-refractivity contribution in [3.8, 4) is 11.5 Å². The molecule has 3 aliphatic heterocycles. The molecule has 1 aromatic rings. The molecule has 0 aromatic heterocycles. The summed E-state index contributed by atoms with van der Waals surface area (Å²) in [5.41, 5.74) is 0.732. The zero-order chi connectivity index (χ0) is 24.8. The predicted molar refractivity (Wildman–Crippen MR) is 121 cm³/mol. The van der Waals surface area contributed by atoms with Crippen LogP contribution in [0.2, 0.25) is 0 Å². The molecule has 0 radical (unpaired) electrons. The Labute approximate surface area is 202 Å². The van der Waals surface area contributed by atoms with Crippen molar-refractivity contribution < 1.29 is 38.1 Å². The number of ether oxygens (including phenoxy) is 4. The molecule has 2 fully saturated rings. The monoisotopic (exact) mass is 490 g/mol. The SMILES string of the molecule is C[C@H](NC(=O)CN1CCOCC1)C(=O)N[C@@H](Cc1ccc2c(c1)OCO2)C(=O)NCC(=O)[C@H]1CO1. The average Bonchev–Trinajstić information content (AvgIpc) is 3.60. The Balaban J connectivity index is 1.35. The van der Waals surface area contributed by atoms with Crippen molar-refractivity contribution in [2.45, 2.75) is 31.5 Å². The number of carbonyl (C=O) groups excluding carboxylic acids is 4. The number of carbonyl (C=O) groups is 4. The largest absolute Gasteiger partial charge is 0.454 e. The summed E-state index contributed by atoms with van der Waals surface area (Å²) in [5, 5.41) is 7.94. The molecular formula is C23H30N4O8. The first-order chi connectivity index (χ1) is 16.9. The Hall–Kier alpha value is -3.22. The highest BCUT2D eigenvalue weighted by Crippen LogP contribution is 2.32. The van der Waals surface area contributed by atoms with E-state index < -0.39 is 30.0 Å². The first-order valence-corrected chi connectivity index (χ1v) is 11.6. The molecule has 0 spiro atoms. The van der Waals surface area contributed by atoms with E-state index in [4.69, 9.17) is 18.9 Å². The summed E-state index contributed by atoms with van der Waals surface area (Å²) in [5.74, 6) is -0.394. The molecule has 3 amide bonds. The van der Waals surface area contributed by atoms with E-state index in [1.54, 1.807) is 25.1 Å². The lowest BCUT2D eigenvalue weighted by Gasteiger charge is -2.26. The van der Waals surface area contributed by atoms with Crippen molar-refractivity contribution in [3.63, 3.8) is 0 Å². The maximum Gasteiger partial charge on any atom is 0.243 e. The quantitative estimate of drug-likeness (QED) is 0.311. The fraction of sp³-hybridized carbons (Fsp3) is 0.565. The Morgan fingerprint density at radius 1 is 1.06 bits per heavy atom. The Kier molecular flexibility index (Phi) is 8.16. The molecule has 190 valence electrons. The number of Topliss-reactive ketones (excluding diaryl/α,β-unsaturated/α-hetero) is 1. The molecule has 3 heterocycles. The maximum atomic E-state index is 12.9. The summed E-state index contributed by atoms with van der Waals surface area (Å²) in [6, 6.07) is 3.41. The van der Waals surface area contributed by atoms with Crippen molar-refractivity contribution in [2.24, 2.45) is 0 Å². The molecule has 0 saturated carbocycles. The second kappa shape index (κ2) is 11.5. The molecule has 3 aliphatic rings. The lowest BCUT2D eigenvalue weighted by Crippen LogP contribution is -2.55. The molecule has 3 N–H and O–H groups in total. The van der Waals surface area contributed by atoms with Crippen molar-refractivity contribution in [3.05, 3.63) is 23.8 Å². The van der Waals surface area contributed by atoms with E-state index in [0.29, 0.717) is 44.4 Å². The number of hydrogen-bond acceptors (Lipinski definition) is 9. The van der Waals surface area contributed by atoms with Crippen molar-refractivity contribution in [2.75, 3.05) is 52.8 Å². The highest BCUT2D eigenvalue weighted by Gasteiger charge is 2.32. The van der Waals surface area contributed by atoms with E-state index in [1.165, 1.54) is 0 Å². The van der Waals surface area contributed by atoms with Gasteiger partial charge in [0, 0.05) is 19.5 Å². The highest BCUT2D eigenvalue weighted by molar-refractivity contribution is 5.95. The number of rotatable bonds is 11. The van der Waals surface area contributed by atoms with Crippen LogP contribution < -0.4 is 25.4 Å². The van der Waals surface area contributed by atoms with Crippen LogP contribution in [0.15, 0.2) is 18.2 Å². The third-order valence-corrected chi connectivity index (χ3v) is 5.88. The number of fused-ring (bicyclic) bond motifs is 1. The first-order valence-electron chi connectivity index (χ1n) is 11.6. The molecule has 12 nitrogen and oxygen atoms in total. The van der Waals surface area contributed by atoms with Crippen LogP contribution in [-0.2, 0) is 35.1 Å². The van der Waals surface area contributed by atoms with Crippen LogP contribution in [0.25, 0.3) is 0 Å². The van der Waals surface area contributed by atoms with Crippen LogP contribution in [0.5, 0.6) is 11.5 Å². The molecule has 12 heteroatoms. The van der Waals surface area contributed by atoms with Gasteiger partial charge in [0.15, 0.2) is 17.3 Å². The smallest absolute Gasteiger partial charge is 0.243 e. The Morgan fingerprint density at radius 2 is 1.80 bits per heavy atom. The normalized spacial score (nSPS) is 20.4. The number of benzene rings is 1. The van der Waals surface area contributed by atoms with E-state index in [0.717, 1.165) is 5.56 Å². The summed E-state index contributed by atoms with van der Waals surface area (Å²) in [7, 11) is 0. The topological polar surface area (TPSA) is 148 Å². The summed E-state index contributed by atoms with van der Waals surface area (Å²) in [4.78, 5) is 52.0. The number of epoxide rings is 1. The summed E-state index contributed by atoms with van der Waals surface area (Å²) >= 11 is 0. The number of ketones is 1. The second-order valence-electron chi connectivity index (χ2n) is 8.64. The van der Waals surface area contributed by atoms with Gasteiger partial charge in [-0.2, -0.15) is 0 Å². The number of amides is 3.